The summed E-state index contributed by atoms with van der Waals surface area (Å²) < 4.78 is 20.9. The molecule has 1 aromatic carbocycles. The van der Waals surface area contributed by atoms with Gasteiger partial charge in [-0.1, -0.05) is 0 Å². The Bertz CT molecular complexity index is 766. The topological polar surface area (TPSA) is 86.7 Å². The molecular weight excluding hydrogens is 285 g/mol. The highest BCUT2D eigenvalue weighted by Crippen LogP contribution is 2.22. The SMILES string of the molecule is Cn1cc(COc2ccc(NC=C(C#N)C#N)cc2F)cn1. The molecule has 0 fully saturated rings. The third kappa shape index (κ3) is 3.84. The monoisotopic (exact) mass is 297 g/mol. The summed E-state index contributed by atoms with van der Waals surface area (Å²) in [7, 11) is 1.79. The molecule has 7 heteroatoms. The van der Waals surface area contributed by atoms with Gasteiger partial charge < -0.3 is 10.1 Å². The largest absolute Gasteiger partial charge is 0.486 e. The van der Waals surface area contributed by atoms with Gasteiger partial charge in [-0.05, 0) is 12.1 Å². The van der Waals surface area contributed by atoms with E-state index < -0.39 is 5.82 Å². The summed E-state index contributed by atoms with van der Waals surface area (Å²) in [5.74, 6) is -0.433. The van der Waals surface area contributed by atoms with E-state index in [2.05, 4.69) is 10.4 Å². The molecule has 0 atom stereocenters. The molecule has 110 valence electrons. The Morgan fingerprint density at radius 2 is 2.23 bits per heavy atom. The second kappa shape index (κ2) is 6.91. The number of rotatable bonds is 5. The van der Waals surface area contributed by atoms with Gasteiger partial charge in [0.15, 0.2) is 11.6 Å². The Labute approximate surface area is 126 Å². The fourth-order valence-corrected chi connectivity index (χ4v) is 1.66. The van der Waals surface area contributed by atoms with Gasteiger partial charge in [0.1, 0.15) is 24.3 Å². The fourth-order valence-electron chi connectivity index (χ4n) is 1.66. The van der Waals surface area contributed by atoms with Crippen molar-refractivity contribution in [2.45, 2.75) is 6.61 Å². The summed E-state index contributed by atoms with van der Waals surface area (Å²) in [6, 6.07) is 7.68. The number of aromatic nitrogens is 2. The van der Waals surface area contributed by atoms with Crippen molar-refractivity contribution in [2.75, 3.05) is 5.32 Å². The van der Waals surface area contributed by atoms with Gasteiger partial charge in [-0.25, -0.2) is 4.39 Å². The predicted octanol–water partition coefficient (Wildman–Crippen LogP) is 2.48. The number of nitrogens with one attached hydrogen (secondary N) is 1. The zero-order valence-electron chi connectivity index (χ0n) is 11.7. The first-order valence-corrected chi connectivity index (χ1v) is 6.29. The van der Waals surface area contributed by atoms with Crippen molar-refractivity contribution < 1.29 is 9.13 Å². The first-order chi connectivity index (χ1) is 10.6. The highest BCUT2D eigenvalue weighted by Gasteiger charge is 2.06. The third-order valence-corrected chi connectivity index (χ3v) is 2.71. The number of nitriles is 2. The number of hydrogen-bond acceptors (Lipinski definition) is 5. The average Bonchev–Trinajstić information content (AvgIpc) is 2.93. The van der Waals surface area contributed by atoms with Crippen LogP contribution in [0.5, 0.6) is 5.75 Å². The van der Waals surface area contributed by atoms with E-state index in [4.69, 9.17) is 15.3 Å². The van der Waals surface area contributed by atoms with Gasteiger partial charge >= 0.3 is 0 Å². The number of benzene rings is 1. The summed E-state index contributed by atoms with van der Waals surface area (Å²) in [6.45, 7) is 0.213. The molecule has 0 saturated heterocycles. The van der Waals surface area contributed by atoms with E-state index in [1.807, 2.05) is 0 Å². The predicted molar refractivity (Wildman–Crippen MR) is 76.9 cm³/mol. The zero-order chi connectivity index (χ0) is 15.9. The van der Waals surface area contributed by atoms with Crippen molar-refractivity contribution in [3.63, 3.8) is 0 Å². The van der Waals surface area contributed by atoms with E-state index in [9.17, 15) is 4.39 Å². The lowest BCUT2D eigenvalue weighted by atomic mass is 10.2. The number of allylic oxidation sites excluding steroid dienone is 1. The summed E-state index contributed by atoms with van der Waals surface area (Å²) in [4.78, 5) is 0. The first-order valence-electron chi connectivity index (χ1n) is 6.29. The summed E-state index contributed by atoms with van der Waals surface area (Å²) in [5, 5.41) is 23.9. The van der Waals surface area contributed by atoms with Gasteiger partial charge in [0.2, 0.25) is 0 Å². The van der Waals surface area contributed by atoms with Crippen LogP contribution in [0, 0.1) is 28.5 Å². The van der Waals surface area contributed by atoms with Crippen LogP contribution in [-0.4, -0.2) is 9.78 Å². The second-order valence-electron chi connectivity index (χ2n) is 4.38. The molecule has 22 heavy (non-hydrogen) atoms. The lowest BCUT2D eigenvalue weighted by Crippen LogP contribution is -1.98. The highest BCUT2D eigenvalue weighted by atomic mass is 19.1. The summed E-state index contributed by atoms with van der Waals surface area (Å²) in [5.41, 5.74) is 1.14. The Kier molecular flexibility index (Phi) is 4.74. The van der Waals surface area contributed by atoms with Crippen molar-refractivity contribution in [1.29, 1.82) is 10.5 Å². The van der Waals surface area contributed by atoms with Crippen molar-refractivity contribution in [3.8, 4) is 17.9 Å². The van der Waals surface area contributed by atoms with Gasteiger partial charge in [0.05, 0.1) is 6.20 Å². The van der Waals surface area contributed by atoms with Crippen LogP contribution < -0.4 is 10.1 Å². The van der Waals surface area contributed by atoms with Gasteiger partial charge in [0.25, 0.3) is 0 Å². The molecule has 1 aromatic heterocycles. The number of hydrogen-bond donors (Lipinski definition) is 1. The Morgan fingerprint density at radius 3 is 2.82 bits per heavy atom. The van der Waals surface area contributed by atoms with Crippen LogP contribution in [0.1, 0.15) is 5.56 Å². The lowest BCUT2D eigenvalue weighted by Gasteiger charge is -2.07. The Hall–Kier alpha value is -3.32. The van der Waals surface area contributed by atoms with Crippen molar-refractivity contribution >= 4 is 5.69 Å². The van der Waals surface area contributed by atoms with Crippen LogP contribution in [0.25, 0.3) is 0 Å². The Balaban J connectivity index is 2.02. The van der Waals surface area contributed by atoms with Gasteiger partial charge in [-0.15, -0.1) is 0 Å². The molecule has 1 heterocycles. The van der Waals surface area contributed by atoms with E-state index in [1.54, 1.807) is 42.3 Å². The summed E-state index contributed by atoms with van der Waals surface area (Å²) in [6.07, 6.45) is 4.64. The molecule has 2 rings (SSSR count). The molecule has 0 bridgehead atoms. The van der Waals surface area contributed by atoms with Gasteiger partial charge in [-0.2, -0.15) is 15.6 Å². The van der Waals surface area contributed by atoms with Crippen LogP contribution in [0.2, 0.25) is 0 Å². The first kappa shape index (κ1) is 15.1. The maximum atomic E-state index is 13.9. The lowest BCUT2D eigenvalue weighted by molar-refractivity contribution is 0.290. The van der Waals surface area contributed by atoms with Crippen LogP contribution in [0.4, 0.5) is 10.1 Å². The molecule has 0 spiro atoms. The minimum Gasteiger partial charge on any atom is -0.486 e. The number of aryl methyl sites for hydroxylation is 1. The average molecular weight is 297 g/mol. The maximum Gasteiger partial charge on any atom is 0.167 e. The van der Waals surface area contributed by atoms with E-state index in [-0.39, 0.29) is 17.9 Å². The van der Waals surface area contributed by atoms with Crippen LogP contribution in [0.3, 0.4) is 0 Å². The number of halogens is 1. The minimum atomic E-state index is -0.544. The molecule has 0 amide bonds. The number of anilines is 1. The maximum absolute atomic E-state index is 13.9. The molecule has 1 N–H and O–H groups in total. The molecule has 0 unspecified atom stereocenters. The smallest absolute Gasteiger partial charge is 0.167 e. The molecule has 0 aliphatic heterocycles. The van der Waals surface area contributed by atoms with E-state index >= 15 is 0 Å². The molecule has 0 aliphatic rings. The van der Waals surface area contributed by atoms with Crippen molar-refractivity contribution in [3.05, 3.63) is 53.7 Å². The summed E-state index contributed by atoms with van der Waals surface area (Å²) >= 11 is 0. The molecule has 0 saturated carbocycles. The van der Waals surface area contributed by atoms with E-state index in [1.165, 1.54) is 18.3 Å². The van der Waals surface area contributed by atoms with Crippen LogP contribution in [0.15, 0.2) is 42.4 Å². The van der Waals surface area contributed by atoms with Crippen molar-refractivity contribution in [1.82, 2.24) is 9.78 Å². The van der Waals surface area contributed by atoms with Gasteiger partial charge in [0, 0.05) is 36.8 Å². The minimum absolute atomic E-state index is 0.0997. The second-order valence-corrected chi connectivity index (χ2v) is 4.38. The van der Waals surface area contributed by atoms with Crippen molar-refractivity contribution in [2.24, 2.45) is 7.05 Å². The Morgan fingerprint density at radius 1 is 1.45 bits per heavy atom. The molecule has 2 aromatic rings. The number of nitrogens with zero attached hydrogens (tertiary/aromatic N) is 4. The van der Waals surface area contributed by atoms with Crippen LogP contribution in [-0.2, 0) is 13.7 Å². The van der Waals surface area contributed by atoms with Crippen LogP contribution >= 0.6 is 0 Å². The highest BCUT2D eigenvalue weighted by molar-refractivity contribution is 5.51. The molecule has 0 aliphatic carbocycles. The fraction of sp³-hybridized carbons (Fsp3) is 0.133. The number of ether oxygens (including phenoxy) is 1. The zero-order valence-corrected chi connectivity index (χ0v) is 11.7. The van der Waals surface area contributed by atoms with E-state index in [0.29, 0.717) is 5.69 Å². The molecule has 0 radical (unpaired) electrons. The normalized spacial score (nSPS) is 9.45. The standard InChI is InChI=1S/C15H12FN5O/c1-21-9-12(8-20-21)10-22-15-3-2-13(4-14(15)16)19-7-11(5-17)6-18/h2-4,7-9,19H,10H2,1H3. The van der Waals surface area contributed by atoms with Gasteiger partial charge in [-0.3, -0.25) is 4.68 Å². The molecule has 6 nitrogen and oxygen atoms in total. The molecular formula is C15H12FN5O. The van der Waals surface area contributed by atoms with E-state index in [0.717, 1.165) is 5.56 Å². The third-order valence-electron chi connectivity index (χ3n) is 2.71. The quantitative estimate of drug-likeness (QED) is 0.857.